The van der Waals surface area contributed by atoms with Crippen molar-refractivity contribution < 1.29 is 8.42 Å². The van der Waals surface area contributed by atoms with Gasteiger partial charge in [0.1, 0.15) is 5.69 Å². The van der Waals surface area contributed by atoms with E-state index in [0.29, 0.717) is 0 Å². The van der Waals surface area contributed by atoms with Gasteiger partial charge in [-0.15, -0.1) is 0 Å². The van der Waals surface area contributed by atoms with Crippen LogP contribution in [0.2, 0.25) is 0 Å². The van der Waals surface area contributed by atoms with Crippen molar-refractivity contribution in [1.82, 2.24) is 15.2 Å². The van der Waals surface area contributed by atoms with Gasteiger partial charge in [-0.25, -0.2) is 13.6 Å². The van der Waals surface area contributed by atoms with Crippen LogP contribution in [0.5, 0.6) is 0 Å². The molecule has 2 heterocycles. The predicted molar refractivity (Wildman–Crippen MR) is 123 cm³/mol. The van der Waals surface area contributed by atoms with Crippen molar-refractivity contribution in [2.45, 2.75) is 31.6 Å². The summed E-state index contributed by atoms with van der Waals surface area (Å²) < 4.78 is 23.6. The van der Waals surface area contributed by atoms with Crippen LogP contribution >= 0.6 is 0 Å². The zero-order chi connectivity index (χ0) is 22.2. The van der Waals surface area contributed by atoms with Gasteiger partial charge in [0.25, 0.3) is 0 Å². The normalized spacial score (nSPS) is 11.8. The maximum atomic E-state index is 11.8. The topological polar surface area (TPSA) is 102 Å². The highest BCUT2D eigenvalue weighted by Crippen LogP contribution is 2.38. The fourth-order valence-electron chi connectivity index (χ4n) is 3.80. The number of hydrogen-bond acceptors (Lipinski definition) is 4. The van der Waals surface area contributed by atoms with Gasteiger partial charge in [-0.05, 0) is 59.4 Å². The minimum Gasteiger partial charge on any atom is -0.282 e. The molecule has 2 aromatic heterocycles. The number of hydrogen-bond donors (Lipinski definition) is 2. The van der Waals surface area contributed by atoms with Crippen molar-refractivity contribution in [3.05, 3.63) is 78.2 Å². The lowest BCUT2D eigenvalue weighted by atomic mass is 9.88. The quantitative estimate of drug-likeness (QED) is 0.469. The van der Waals surface area contributed by atoms with Crippen LogP contribution < -0.4 is 5.14 Å². The Bertz CT molecular complexity index is 1340. The minimum absolute atomic E-state index is 0.106. The number of aromatic amines is 1. The third-order valence-corrected chi connectivity index (χ3v) is 6.25. The molecule has 4 aromatic rings. The summed E-state index contributed by atoms with van der Waals surface area (Å²) in [4.78, 5) is 4.20. The number of aromatic nitrogens is 3. The zero-order valence-corrected chi connectivity index (χ0v) is 18.4. The van der Waals surface area contributed by atoms with E-state index in [2.05, 4.69) is 35.1 Å². The molecule has 7 heteroatoms. The molecular weight excluding hydrogens is 408 g/mol. The van der Waals surface area contributed by atoms with Gasteiger partial charge in [0.05, 0.1) is 4.90 Å². The fourth-order valence-corrected chi connectivity index (χ4v) is 4.36. The van der Waals surface area contributed by atoms with Crippen molar-refractivity contribution in [1.29, 1.82) is 0 Å². The summed E-state index contributed by atoms with van der Waals surface area (Å²) in [6, 6.07) is 16.9. The van der Waals surface area contributed by atoms with Gasteiger partial charge in [-0.3, -0.25) is 10.1 Å². The number of aryl methyl sites for hydroxylation is 1. The van der Waals surface area contributed by atoms with E-state index in [1.54, 1.807) is 24.5 Å². The third kappa shape index (κ3) is 4.15. The molecule has 31 heavy (non-hydrogen) atoms. The van der Waals surface area contributed by atoms with Crippen molar-refractivity contribution in [3.8, 4) is 33.5 Å². The molecule has 158 valence electrons. The summed E-state index contributed by atoms with van der Waals surface area (Å²) in [5.74, 6) is 0.227. The molecule has 0 bridgehead atoms. The molecule has 0 aliphatic carbocycles. The Balaban J connectivity index is 1.87. The monoisotopic (exact) mass is 432 g/mol. The van der Waals surface area contributed by atoms with Crippen LogP contribution in [-0.2, 0) is 10.0 Å². The Kier molecular flexibility index (Phi) is 5.47. The van der Waals surface area contributed by atoms with Crippen LogP contribution in [0.4, 0.5) is 0 Å². The molecule has 0 saturated carbocycles. The lowest BCUT2D eigenvalue weighted by Crippen LogP contribution is -2.12. The van der Waals surface area contributed by atoms with Crippen molar-refractivity contribution in [3.63, 3.8) is 0 Å². The molecule has 0 aliphatic heterocycles. The van der Waals surface area contributed by atoms with Gasteiger partial charge in [0.15, 0.2) is 0 Å². The summed E-state index contributed by atoms with van der Waals surface area (Å²) in [6.07, 6.45) is 3.51. The van der Waals surface area contributed by atoms with Gasteiger partial charge in [-0.1, -0.05) is 44.2 Å². The fraction of sp³-hybridized carbons (Fsp3) is 0.167. The number of H-pyrrole nitrogens is 1. The Morgan fingerprint density at radius 3 is 2.35 bits per heavy atom. The maximum Gasteiger partial charge on any atom is 0.238 e. The first-order chi connectivity index (χ1) is 14.8. The number of nitrogens with one attached hydrogen (secondary N) is 1. The lowest BCUT2D eigenvalue weighted by Gasteiger charge is -2.16. The SMILES string of the molecule is Cc1[nH]nc(-c2ccncc2)c1-c1ccc(-c2cccc(S(N)(=O)=O)c2)c(C(C)C)c1. The van der Waals surface area contributed by atoms with E-state index in [1.165, 1.54) is 6.07 Å². The molecule has 0 unspecified atom stereocenters. The molecule has 0 saturated heterocycles. The predicted octanol–water partition coefficient (Wildman–Crippen LogP) is 4.88. The first-order valence-electron chi connectivity index (χ1n) is 9.98. The van der Waals surface area contributed by atoms with Crippen LogP contribution in [-0.4, -0.2) is 23.6 Å². The van der Waals surface area contributed by atoms with Gasteiger partial charge in [-0.2, -0.15) is 5.10 Å². The number of nitrogens with zero attached hydrogens (tertiary/aromatic N) is 2. The largest absolute Gasteiger partial charge is 0.282 e. The molecule has 3 N–H and O–H groups in total. The second kappa shape index (κ2) is 8.09. The highest BCUT2D eigenvalue weighted by Gasteiger charge is 2.18. The van der Waals surface area contributed by atoms with Crippen LogP contribution in [0.15, 0.2) is 71.9 Å². The summed E-state index contributed by atoms with van der Waals surface area (Å²) in [7, 11) is -3.77. The summed E-state index contributed by atoms with van der Waals surface area (Å²) in [5.41, 5.74) is 7.85. The van der Waals surface area contributed by atoms with Crippen molar-refractivity contribution >= 4 is 10.0 Å². The molecule has 2 aromatic carbocycles. The second-order valence-corrected chi connectivity index (χ2v) is 9.40. The molecule has 0 amide bonds. The second-order valence-electron chi connectivity index (χ2n) is 7.84. The standard InChI is InChI=1S/C24H24N4O2S/c1-15(2)22-14-19(23-16(3)27-28-24(23)17-9-11-26-12-10-17)7-8-21(22)18-5-4-6-20(13-18)31(25,29)30/h4-15H,1-3H3,(H,27,28)(H2,25,29,30). The molecule has 4 rings (SSSR count). The van der Waals surface area contributed by atoms with Crippen LogP contribution in [0.25, 0.3) is 33.5 Å². The van der Waals surface area contributed by atoms with E-state index in [0.717, 1.165) is 44.8 Å². The minimum atomic E-state index is -3.77. The summed E-state index contributed by atoms with van der Waals surface area (Å²) in [6.45, 7) is 6.25. The van der Waals surface area contributed by atoms with E-state index < -0.39 is 10.0 Å². The van der Waals surface area contributed by atoms with E-state index in [-0.39, 0.29) is 10.8 Å². The highest BCUT2D eigenvalue weighted by atomic mass is 32.2. The van der Waals surface area contributed by atoms with Crippen molar-refractivity contribution in [2.24, 2.45) is 5.14 Å². The molecule has 0 radical (unpaired) electrons. The Hall–Kier alpha value is -3.29. The van der Waals surface area contributed by atoms with Crippen LogP contribution in [0.1, 0.15) is 31.0 Å². The van der Waals surface area contributed by atoms with E-state index in [1.807, 2.05) is 37.3 Å². The summed E-state index contributed by atoms with van der Waals surface area (Å²) >= 11 is 0. The average molecular weight is 433 g/mol. The molecule has 0 atom stereocenters. The first kappa shape index (κ1) is 21.0. The Morgan fingerprint density at radius 1 is 0.935 bits per heavy atom. The number of nitrogens with two attached hydrogens (primary N) is 1. The van der Waals surface area contributed by atoms with Crippen molar-refractivity contribution in [2.75, 3.05) is 0 Å². The van der Waals surface area contributed by atoms with E-state index in [4.69, 9.17) is 5.14 Å². The molecule has 0 fully saturated rings. The molecule has 6 nitrogen and oxygen atoms in total. The first-order valence-corrected chi connectivity index (χ1v) is 11.5. The zero-order valence-electron chi connectivity index (χ0n) is 17.6. The van der Waals surface area contributed by atoms with Gasteiger partial charge >= 0.3 is 0 Å². The van der Waals surface area contributed by atoms with Gasteiger partial charge in [0, 0.05) is 29.2 Å². The number of pyridine rings is 1. The highest BCUT2D eigenvalue weighted by molar-refractivity contribution is 7.89. The number of primary sulfonamides is 1. The Morgan fingerprint density at radius 2 is 1.68 bits per heavy atom. The maximum absolute atomic E-state index is 11.8. The molecule has 0 aliphatic rings. The Labute approximate surface area is 182 Å². The smallest absolute Gasteiger partial charge is 0.238 e. The van der Waals surface area contributed by atoms with Crippen LogP contribution in [0, 0.1) is 6.92 Å². The number of benzene rings is 2. The van der Waals surface area contributed by atoms with Gasteiger partial charge < -0.3 is 0 Å². The van der Waals surface area contributed by atoms with E-state index >= 15 is 0 Å². The molecular formula is C24H24N4O2S. The molecule has 0 spiro atoms. The number of rotatable bonds is 5. The van der Waals surface area contributed by atoms with E-state index in [9.17, 15) is 8.42 Å². The summed E-state index contributed by atoms with van der Waals surface area (Å²) in [5, 5.41) is 13.0. The average Bonchev–Trinajstić information content (AvgIpc) is 3.15. The number of sulfonamides is 1. The third-order valence-electron chi connectivity index (χ3n) is 5.34. The van der Waals surface area contributed by atoms with Crippen LogP contribution in [0.3, 0.4) is 0 Å². The lowest BCUT2D eigenvalue weighted by molar-refractivity contribution is 0.598. The van der Waals surface area contributed by atoms with Gasteiger partial charge in [0.2, 0.25) is 10.0 Å².